The zero-order valence-electron chi connectivity index (χ0n) is 8.13. The average Bonchev–Trinajstić information content (AvgIpc) is 2.44. The highest BCUT2D eigenvalue weighted by Gasteiger charge is 2.31. The van der Waals surface area contributed by atoms with E-state index in [1.54, 1.807) is 0 Å². The Morgan fingerprint density at radius 2 is 2.31 bits per heavy atom. The third kappa shape index (κ3) is 1.88. The maximum atomic E-state index is 4.88. The highest BCUT2D eigenvalue weighted by atomic mass is 16.5. The zero-order valence-corrected chi connectivity index (χ0v) is 8.13. The van der Waals surface area contributed by atoms with Crippen LogP contribution in [-0.2, 0) is 6.54 Å². The van der Waals surface area contributed by atoms with E-state index in [4.69, 9.17) is 4.52 Å². The van der Waals surface area contributed by atoms with Gasteiger partial charge in [0.2, 0.25) is 5.89 Å². The number of nitrogens with zero attached hydrogens (tertiary/aromatic N) is 2. The lowest BCUT2D eigenvalue weighted by Crippen LogP contribution is -2.47. The van der Waals surface area contributed by atoms with E-state index in [1.165, 1.54) is 19.3 Å². The van der Waals surface area contributed by atoms with E-state index >= 15 is 0 Å². The fourth-order valence-corrected chi connectivity index (χ4v) is 1.59. The molecule has 0 bridgehead atoms. The van der Waals surface area contributed by atoms with Crippen molar-refractivity contribution in [3.63, 3.8) is 0 Å². The van der Waals surface area contributed by atoms with Gasteiger partial charge < -0.3 is 9.84 Å². The second-order valence-electron chi connectivity index (χ2n) is 4.00. The fourth-order valence-electron chi connectivity index (χ4n) is 1.59. The molecule has 1 aliphatic rings. The van der Waals surface area contributed by atoms with Gasteiger partial charge in [0.25, 0.3) is 0 Å². The normalized spacial score (nSPS) is 19.8. The summed E-state index contributed by atoms with van der Waals surface area (Å²) in [6.07, 6.45) is 3.84. The van der Waals surface area contributed by atoms with Crippen molar-refractivity contribution in [2.24, 2.45) is 0 Å². The molecule has 1 fully saturated rings. The van der Waals surface area contributed by atoms with Crippen LogP contribution >= 0.6 is 0 Å². The van der Waals surface area contributed by atoms with Crippen LogP contribution < -0.4 is 5.32 Å². The molecule has 0 amide bonds. The molecule has 0 spiro atoms. The molecule has 1 aromatic heterocycles. The molecule has 0 aliphatic heterocycles. The lowest BCUT2D eigenvalue weighted by molar-refractivity contribution is 0.204. The highest BCUT2D eigenvalue weighted by Crippen LogP contribution is 2.30. The summed E-state index contributed by atoms with van der Waals surface area (Å²) in [6.45, 7) is 4.76. The maximum Gasteiger partial charge on any atom is 0.223 e. The Morgan fingerprint density at radius 1 is 1.54 bits per heavy atom. The molecule has 4 nitrogen and oxygen atoms in total. The SMILES string of the molecule is Cc1nc(CNC2(C)CCC2)no1. The van der Waals surface area contributed by atoms with E-state index in [0.29, 0.717) is 18.0 Å². The molecule has 0 unspecified atom stereocenters. The smallest absolute Gasteiger partial charge is 0.223 e. The van der Waals surface area contributed by atoms with Crippen molar-refractivity contribution in [1.29, 1.82) is 0 Å². The molecule has 13 heavy (non-hydrogen) atoms. The van der Waals surface area contributed by atoms with Crippen LogP contribution in [0.5, 0.6) is 0 Å². The molecule has 0 saturated heterocycles. The molecule has 1 saturated carbocycles. The predicted octanol–water partition coefficient (Wildman–Crippen LogP) is 1.41. The van der Waals surface area contributed by atoms with E-state index in [9.17, 15) is 0 Å². The van der Waals surface area contributed by atoms with Crippen molar-refractivity contribution >= 4 is 0 Å². The van der Waals surface area contributed by atoms with E-state index in [0.717, 1.165) is 5.82 Å². The molecular weight excluding hydrogens is 166 g/mol. The minimum atomic E-state index is 0.314. The lowest BCUT2D eigenvalue weighted by atomic mass is 9.78. The van der Waals surface area contributed by atoms with Gasteiger partial charge in [-0.3, -0.25) is 0 Å². The summed E-state index contributed by atoms with van der Waals surface area (Å²) < 4.78 is 4.88. The molecule has 1 heterocycles. The molecule has 72 valence electrons. The Labute approximate surface area is 77.7 Å². The number of nitrogens with one attached hydrogen (secondary N) is 1. The monoisotopic (exact) mass is 181 g/mol. The summed E-state index contributed by atoms with van der Waals surface area (Å²) in [6, 6.07) is 0. The summed E-state index contributed by atoms with van der Waals surface area (Å²) in [5.74, 6) is 1.39. The molecule has 1 aliphatic carbocycles. The Kier molecular flexibility index (Phi) is 2.07. The van der Waals surface area contributed by atoms with Gasteiger partial charge >= 0.3 is 0 Å². The molecule has 2 rings (SSSR count). The highest BCUT2D eigenvalue weighted by molar-refractivity contribution is 4.94. The van der Waals surface area contributed by atoms with Gasteiger partial charge in [0.15, 0.2) is 5.82 Å². The Hall–Kier alpha value is -0.900. The van der Waals surface area contributed by atoms with Crippen molar-refractivity contribution < 1.29 is 4.52 Å². The molecule has 1 aromatic rings. The van der Waals surface area contributed by atoms with E-state index in [-0.39, 0.29) is 0 Å². The van der Waals surface area contributed by atoms with Crippen LogP contribution in [0.1, 0.15) is 37.9 Å². The molecule has 1 N–H and O–H groups in total. The first-order valence-electron chi connectivity index (χ1n) is 4.72. The van der Waals surface area contributed by atoms with E-state index in [1.807, 2.05) is 6.92 Å². The standard InChI is InChI=1S/C9H15N3O/c1-7-11-8(12-13-7)6-10-9(2)4-3-5-9/h10H,3-6H2,1-2H3. The van der Waals surface area contributed by atoms with Gasteiger partial charge in [-0.2, -0.15) is 4.98 Å². The number of hydrogen-bond acceptors (Lipinski definition) is 4. The van der Waals surface area contributed by atoms with Crippen LogP contribution in [0.3, 0.4) is 0 Å². The first-order chi connectivity index (χ1) is 6.18. The van der Waals surface area contributed by atoms with Crippen molar-refractivity contribution in [2.45, 2.75) is 45.2 Å². The van der Waals surface area contributed by atoms with Crippen molar-refractivity contribution in [1.82, 2.24) is 15.5 Å². The van der Waals surface area contributed by atoms with Crippen LogP contribution in [0.2, 0.25) is 0 Å². The van der Waals surface area contributed by atoms with Gasteiger partial charge in [0.1, 0.15) is 0 Å². The van der Waals surface area contributed by atoms with Gasteiger partial charge in [-0.1, -0.05) is 5.16 Å². The maximum absolute atomic E-state index is 4.88. The van der Waals surface area contributed by atoms with Gasteiger partial charge in [0.05, 0.1) is 6.54 Å². The Bertz CT molecular complexity index is 291. The fraction of sp³-hybridized carbons (Fsp3) is 0.778. The second-order valence-corrected chi connectivity index (χ2v) is 4.00. The van der Waals surface area contributed by atoms with Gasteiger partial charge in [-0.05, 0) is 26.2 Å². The van der Waals surface area contributed by atoms with Gasteiger partial charge in [-0.15, -0.1) is 0 Å². The van der Waals surface area contributed by atoms with Crippen molar-refractivity contribution in [3.05, 3.63) is 11.7 Å². The Balaban J connectivity index is 1.85. The summed E-state index contributed by atoms with van der Waals surface area (Å²) in [7, 11) is 0. The number of aromatic nitrogens is 2. The molecule has 0 aromatic carbocycles. The van der Waals surface area contributed by atoms with Crippen LogP contribution in [-0.4, -0.2) is 15.7 Å². The largest absolute Gasteiger partial charge is 0.340 e. The van der Waals surface area contributed by atoms with Crippen LogP contribution in [0, 0.1) is 6.92 Å². The molecular formula is C9H15N3O. The third-order valence-corrected chi connectivity index (χ3v) is 2.70. The predicted molar refractivity (Wildman–Crippen MR) is 48.1 cm³/mol. The van der Waals surface area contributed by atoms with Crippen molar-refractivity contribution in [2.75, 3.05) is 0 Å². The van der Waals surface area contributed by atoms with Crippen LogP contribution in [0.4, 0.5) is 0 Å². The first-order valence-corrected chi connectivity index (χ1v) is 4.72. The van der Waals surface area contributed by atoms with E-state index in [2.05, 4.69) is 22.4 Å². The van der Waals surface area contributed by atoms with Gasteiger partial charge in [0, 0.05) is 12.5 Å². The van der Waals surface area contributed by atoms with Crippen molar-refractivity contribution in [3.8, 4) is 0 Å². The second kappa shape index (κ2) is 3.10. The first kappa shape index (κ1) is 8.69. The van der Waals surface area contributed by atoms with E-state index < -0.39 is 0 Å². The molecule has 0 radical (unpaired) electrons. The third-order valence-electron chi connectivity index (χ3n) is 2.70. The summed E-state index contributed by atoms with van der Waals surface area (Å²) in [4.78, 5) is 4.13. The average molecular weight is 181 g/mol. The Morgan fingerprint density at radius 3 is 2.77 bits per heavy atom. The van der Waals surface area contributed by atoms with Gasteiger partial charge in [-0.25, -0.2) is 0 Å². The molecule has 4 heteroatoms. The zero-order chi connectivity index (χ0) is 9.31. The topological polar surface area (TPSA) is 51.0 Å². The minimum Gasteiger partial charge on any atom is -0.340 e. The molecule has 0 atom stereocenters. The van der Waals surface area contributed by atoms with Crippen LogP contribution in [0.25, 0.3) is 0 Å². The lowest BCUT2D eigenvalue weighted by Gasteiger charge is -2.39. The number of rotatable bonds is 3. The number of hydrogen-bond donors (Lipinski definition) is 1. The minimum absolute atomic E-state index is 0.314. The van der Waals surface area contributed by atoms with Crippen LogP contribution in [0.15, 0.2) is 4.52 Å². The summed E-state index contributed by atoms with van der Waals surface area (Å²) >= 11 is 0. The summed E-state index contributed by atoms with van der Waals surface area (Å²) in [5, 5.41) is 7.27. The quantitative estimate of drug-likeness (QED) is 0.766. The number of aryl methyl sites for hydroxylation is 1. The summed E-state index contributed by atoms with van der Waals surface area (Å²) in [5.41, 5.74) is 0.314.